The van der Waals surface area contributed by atoms with Crippen LogP contribution in [0.5, 0.6) is 0 Å². The fraction of sp³-hybridized carbons (Fsp3) is 0.350. The molecule has 0 saturated carbocycles. The Bertz CT molecular complexity index is 1260. The zero-order valence-electron chi connectivity index (χ0n) is 17.9. The smallest absolute Gasteiger partial charge is 0.244 e. The summed E-state index contributed by atoms with van der Waals surface area (Å²) < 4.78 is 43.5. The van der Waals surface area contributed by atoms with Crippen molar-refractivity contribution in [1.82, 2.24) is 28.7 Å². The fourth-order valence-electron chi connectivity index (χ4n) is 3.41. The van der Waals surface area contributed by atoms with E-state index in [-0.39, 0.29) is 21.6 Å². The van der Waals surface area contributed by atoms with E-state index in [4.69, 9.17) is 11.6 Å². The van der Waals surface area contributed by atoms with Crippen LogP contribution in [-0.4, -0.2) is 70.4 Å². The van der Waals surface area contributed by atoms with E-state index in [0.717, 1.165) is 12.0 Å². The third-order valence-electron chi connectivity index (χ3n) is 5.48. The Balaban J connectivity index is 1.58. The number of nitrogens with zero attached hydrogens (tertiary/aromatic N) is 6. The summed E-state index contributed by atoms with van der Waals surface area (Å²) in [6.07, 6.45) is 2.61. The highest BCUT2D eigenvalue weighted by Crippen LogP contribution is 2.29. The van der Waals surface area contributed by atoms with Crippen molar-refractivity contribution in [3.8, 4) is 11.4 Å². The van der Waals surface area contributed by atoms with Crippen LogP contribution in [0, 0.1) is 12.7 Å². The number of imidazole rings is 1. The van der Waals surface area contributed by atoms with Crippen molar-refractivity contribution >= 4 is 33.3 Å². The highest BCUT2D eigenvalue weighted by atomic mass is 35.5. The second-order valence-corrected chi connectivity index (χ2v) is 9.93. The minimum atomic E-state index is -3.70. The third kappa shape index (κ3) is 4.33. The molecule has 1 aliphatic heterocycles. The lowest BCUT2D eigenvalue weighted by Gasteiger charge is -2.31. The molecular formula is C20H23ClFN7O2S. The van der Waals surface area contributed by atoms with E-state index in [1.54, 1.807) is 23.9 Å². The van der Waals surface area contributed by atoms with Crippen LogP contribution in [0.4, 0.5) is 16.0 Å². The van der Waals surface area contributed by atoms with Gasteiger partial charge in [-0.15, -0.1) is 0 Å². The standard InChI is InChI=1S/C20H23ClFN7O2S/c1-13-23-12-17(28(13)3)19-16(22)11-24-20(26-19)25-14-4-5-18(15(21)10-14)32(30,31)29-8-6-27(2)7-9-29/h4-5,10-12H,6-9H2,1-3H3,(H,24,25,26). The first-order valence-corrected chi connectivity index (χ1v) is 11.7. The topological polar surface area (TPSA) is 96.2 Å². The zero-order valence-corrected chi connectivity index (χ0v) is 19.5. The zero-order chi connectivity index (χ0) is 23.0. The summed E-state index contributed by atoms with van der Waals surface area (Å²) >= 11 is 6.34. The quantitative estimate of drug-likeness (QED) is 0.601. The van der Waals surface area contributed by atoms with Crippen molar-refractivity contribution in [2.75, 3.05) is 38.5 Å². The average molecular weight is 480 g/mol. The van der Waals surface area contributed by atoms with Gasteiger partial charge < -0.3 is 14.8 Å². The molecule has 3 heterocycles. The molecule has 32 heavy (non-hydrogen) atoms. The SMILES string of the molecule is Cc1ncc(-c2nc(Nc3ccc(S(=O)(=O)N4CCN(C)CC4)c(Cl)c3)ncc2F)n1C. The number of aromatic nitrogens is 4. The van der Waals surface area contributed by atoms with Gasteiger partial charge in [-0.05, 0) is 32.2 Å². The molecule has 0 aliphatic carbocycles. The summed E-state index contributed by atoms with van der Waals surface area (Å²) in [5.41, 5.74) is 1.09. The summed E-state index contributed by atoms with van der Waals surface area (Å²) in [5, 5.41) is 3.04. The van der Waals surface area contributed by atoms with Crippen molar-refractivity contribution in [3.63, 3.8) is 0 Å². The van der Waals surface area contributed by atoms with Crippen LogP contribution in [0.25, 0.3) is 11.4 Å². The third-order valence-corrected chi connectivity index (χ3v) is 7.86. The van der Waals surface area contributed by atoms with Gasteiger partial charge in [-0.25, -0.2) is 27.8 Å². The molecule has 0 bridgehead atoms. The lowest BCUT2D eigenvalue weighted by molar-refractivity contribution is 0.222. The van der Waals surface area contributed by atoms with E-state index in [0.29, 0.717) is 37.6 Å². The minimum Gasteiger partial charge on any atom is -0.330 e. The molecule has 0 atom stereocenters. The van der Waals surface area contributed by atoms with Crippen molar-refractivity contribution in [1.29, 1.82) is 0 Å². The molecular weight excluding hydrogens is 457 g/mol. The first-order chi connectivity index (χ1) is 15.2. The van der Waals surface area contributed by atoms with E-state index in [1.807, 2.05) is 14.0 Å². The Morgan fingerprint density at radius 1 is 1.09 bits per heavy atom. The van der Waals surface area contributed by atoms with Crippen molar-refractivity contribution in [3.05, 3.63) is 47.3 Å². The van der Waals surface area contributed by atoms with E-state index in [1.165, 1.54) is 16.4 Å². The number of hydrogen-bond donors (Lipinski definition) is 1. The van der Waals surface area contributed by atoms with Crippen LogP contribution in [0.1, 0.15) is 5.82 Å². The average Bonchev–Trinajstić information content (AvgIpc) is 3.08. The molecule has 2 aromatic heterocycles. The molecule has 4 rings (SSSR count). The van der Waals surface area contributed by atoms with Crippen LogP contribution >= 0.6 is 11.6 Å². The van der Waals surface area contributed by atoms with Crippen LogP contribution in [0.3, 0.4) is 0 Å². The maximum absolute atomic E-state index is 14.3. The monoisotopic (exact) mass is 479 g/mol. The van der Waals surface area contributed by atoms with Gasteiger partial charge in [0.15, 0.2) is 5.82 Å². The number of piperazine rings is 1. The molecule has 170 valence electrons. The number of aryl methyl sites for hydroxylation is 1. The molecule has 3 aromatic rings. The lowest BCUT2D eigenvalue weighted by atomic mass is 10.3. The Labute approximate surface area is 190 Å². The number of halogens is 2. The molecule has 12 heteroatoms. The van der Waals surface area contributed by atoms with Gasteiger partial charge in [0.05, 0.1) is 23.1 Å². The second-order valence-electron chi connectivity index (χ2n) is 7.62. The molecule has 0 radical (unpaired) electrons. The molecule has 0 spiro atoms. The fourth-order valence-corrected chi connectivity index (χ4v) is 5.35. The first kappa shape index (κ1) is 22.6. The lowest BCUT2D eigenvalue weighted by Crippen LogP contribution is -2.47. The maximum atomic E-state index is 14.3. The Morgan fingerprint density at radius 3 is 2.44 bits per heavy atom. The molecule has 1 N–H and O–H groups in total. The molecule has 1 saturated heterocycles. The summed E-state index contributed by atoms with van der Waals surface area (Å²) in [6, 6.07) is 4.52. The van der Waals surface area contributed by atoms with Crippen molar-refractivity contribution < 1.29 is 12.8 Å². The van der Waals surface area contributed by atoms with Crippen molar-refractivity contribution in [2.45, 2.75) is 11.8 Å². The molecule has 1 aliphatic rings. The number of anilines is 2. The van der Waals surface area contributed by atoms with Gasteiger partial charge in [0.2, 0.25) is 16.0 Å². The number of benzene rings is 1. The highest BCUT2D eigenvalue weighted by Gasteiger charge is 2.29. The maximum Gasteiger partial charge on any atom is 0.244 e. The normalized spacial score (nSPS) is 15.8. The largest absolute Gasteiger partial charge is 0.330 e. The van der Waals surface area contributed by atoms with Gasteiger partial charge in [0.25, 0.3) is 0 Å². The van der Waals surface area contributed by atoms with Crippen LogP contribution in [0.2, 0.25) is 5.02 Å². The number of sulfonamides is 1. The van der Waals surface area contributed by atoms with Gasteiger partial charge in [-0.1, -0.05) is 11.6 Å². The number of likely N-dealkylation sites (N-methyl/N-ethyl adjacent to an activating group) is 1. The number of nitrogens with one attached hydrogen (secondary N) is 1. The Kier molecular flexibility index (Phi) is 6.17. The molecule has 0 unspecified atom stereocenters. The van der Waals surface area contributed by atoms with Crippen LogP contribution in [0.15, 0.2) is 35.5 Å². The number of hydrogen-bond acceptors (Lipinski definition) is 7. The predicted octanol–water partition coefficient (Wildman–Crippen LogP) is 2.66. The van der Waals surface area contributed by atoms with E-state index in [9.17, 15) is 12.8 Å². The summed E-state index contributed by atoms with van der Waals surface area (Å²) in [7, 11) is 0.0235. The Hall–Kier alpha value is -2.60. The predicted molar refractivity (Wildman–Crippen MR) is 120 cm³/mol. The summed E-state index contributed by atoms with van der Waals surface area (Å²) in [5.74, 6) is 0.285. The summed E-state index contributed by atoms with van der Waals surface area (Å²) in [4.78, 5) is 14.5. The van der Waals surface area contributed by atoms with E-state index < -0.39 is 15.8 Å². The van der Waals surface area contributed by atoms with Gasteiger partial charge in [0.1, 0.15) is 16.4 Å². The second kappa shape index (κ2) is 8.74. The van der Waals surface area contributed by atoms with Gasteiger partial charge in [-0.3, -0.25) is 0 Å². The van der Waals surface area contributed by atoms with Gasteiger partial charge in [-0.2, -0.15) is 4.31 Å². The van der Waals surface area contributed by atoms with Crippen molar-refractivity contribution in [2.24, 2.45) is 7.05 Å². The van der Waals surface area contributed by atoms with Crippen LogP contribution < -0.4 is 5.32 Å². The highest BCUT2D eigenvalue weighted by molar-refractivity contribution is 7.89. The summed E-state index contributed by atoms with van der Waals surface area (Å²) in [6.45, 7) is 3.96. The molecule has 1 fully saturated rings. The van der Waals surface area contributed by atoms with E-state index in [2.05, 4.69) is 25.2 Å². The molecule has 9 nitrogen and oxygen atoms in total. The minimum absolute atomic E-state index is 0.0420. The molecule has 1 aromatic carbocycles. The van der Waals surface area contributed by atoms with Crippen LogP contribution in [-0.2, 0) is 17.1 Å². The van der Waals surface area contributed by atoms with E-state index >= 15 is 0 Å². The number of rotatable bonds is 5. The Morgan fingerprint density at radius 2 is 1.81 bits per heavy atom. The van der Waals surface area contributed by atoms with Gasteiger partial charge >= 0.3 is 0 Å². The first-order valence-electron chi connectivity index (χ1n) is 9.93. The molecule has 0 amide bonds. The van der Waals surface area contributed by atoms with Gasteiger partial charge in [0, 0.05) is 38.9 Å².